The van der Waals surface area contributed by atoms with E-state index in [1.165, 1.54) is 30.6 Å². The van der Waals surface area contributed by atoms with Gasteiger partial charge >= 0.3 is 5.97 Å². The Balaban J connectivity index is 3.46. The molecule has 94 valence electrons. The summed E-state index contributed by atoms with van der Waals surface area (Å²) >= 11 is 0. The molecule has 0 radical (unpaired) electrons. The first kappa shape index (κ1) is 14.9. The van der Waals surface area contributed by atoms with Crippen LogP contribution in [0.5, 0.6) is 0 Å². The second kappa shape index (κ2) is 9.19. The van der Waals surface area contributed by atoms with Gasteiger partial charge in [0.25, 0.3) is 0 Å². The zero-order valence-electron chi connectivity index (χ0n) is 10.4. The van der Waals surface area contributed by atoms with Crippen LogP contribution in [-0.2, 0) is 9.59 Å². The lowest BCUT2D eigenvalue weighted by Gasteiger charge is -2.15. The molecule has 0 bridgehead atoms. The van der Waals surface area contributed by atoms with E-state index in [9.17, 15) is 9.59 Å². The third-order valence-corrected chi connectivity index (χ3v) is 2.58. The molecule has 0 aromatic carbocycles. The Morgan fingerprint density at radius 3 is 2.19 bits per heavy atom. The molecule has 0 aliphatic carbocycles. The van der Waals surface area contributed by atoms with Crippen LogP contribution in [0.3, 0.4) is 0 Å². The van der Waals surface area contributed by atoms with E-state index in [4.69, 9.17) is 5.11 Å². The molecule has 4 nitrogen and oxygen atoms in total. The number of unbranched alkanes of at least 4 members (excludes halogenated alkanes) is 5. The number of carbonyl (C=O) groups excluding carboxylic acids is 1. The first-order chi connectivity index (χ1) is 7.57. The Labute approximate surface area is 97.6 Å². The lowest BCUT2D eigenvalue weighted by atomic mass is 10.1. The van der Waals surface area contributed by atoms with Crippen LogP contribution in [0.1, 0.15) is 51.9 Å². The lowest BCUT2D eigenvalue weighted by molar-refractivity contribution is -0.143. The van der Waals surface area contributed by atoms with Crippen molar-refractivity contribution in [3.8, 4) is 0 Å². The average molecular weight is 229 g/mol. The summed E-state index contributed by atoms with van der Waals surface area (Å²) in [4.78, 5) is 23.1. The van der Waals surface area contributed by atoms with Crippen molar-refractivity contribution in [1.82, 2.24) is 4.90 Å². The normalized spacial score (nSPS) is 10.1. The molecular formula is C12H23NO3. The van der Waals surface area contributed by atoms with Crippen LogP contribution in [0.15, 0.2) is 0 Å². The summed E-state index contributed by atoms with van der Waals surface area (Å²) in [6.45, 7) is 2.84. The van der Waals surface area contributed by atoms with Crippen LogP contribution in [-0.4, -0.2) is 35.5 Å². The van der Waals surface area contributed by atoms with E-state index in [-0.39, 0.29) is 5.91 Å². The van der Waals surface area contributed by atoms with Gasteiger partial charge in [0.15, 0.2) is 0 Å². The van der Waals surface area contributed by atoms with E-state index in [0.717, 1.165) is 12.8 Å². The number of carboxylic acid groups (broad SMARTS) is 1. The van der Waals surface area contributed by atoms with Crippen molar-refractivity contribution in [1.29, 1.82) is 0 Å². The summed E-state index contributed by atoms with van der Waals surface area (Å²) < 4.78 is 0. The maximum absolute atomic E-state index is 11.3. The summed E-state index contributed by atoms with van der Waals surface area (Å²) in [7, 11) is 1.66. The largest absolute Gasteiger partial charge is 0.481 e. The zero-order chi connectivity index (χ0) is 12.4. The van der Waals surface area contributed by atoms with Gasteiger partial charge in [0.1, 0.15) is 6.42 Å². The molecule has 0 aliphatic rings. The molecule has 0 rings (SSSR count). The smallest absolute Gasteiger partial charge is 0.312 e. The number of aliphatic carboxylic acids is 1. The second-order valence-corrected chi connectivity index (χ2v) is 4.15. The van der Waals surface area contributed by atoms with E-state index in [1.807, 2.05) is 0 Å². The van der Waals surface area contributed by atoms with Crippen molar-refractivity contribution < 1.29 is 14.7 Å². The number of amides is 1. The minimum atomic E-state index is -1.06. The summed E-state index contributed by atoms with van der Waals surface area (Å²) in [5, 5.41) is 8.45. The Bertz CT molecular complexity index is 216. The second-order valence-electron chi connectivity index (χ2n) is 4.15. The molecule has 0 saturated heterocycles. The van der Waals surface area contributed by atoms with E-state index in [1.54, 1.807) is 7.05 Å². The highest BCUT2D eigenvalue weighted by atomic mass is 16.4. The van der Waals surface area contributed by atoms with Crippen molar-refractivity contribution in [3.63, 3.8) is 0 Å². The third-order valence-electron chi connectivity index (χ3n) is 2.58. The molecule has 0 saturated carbocycles. The van der Waals surface area contributed by atoms with Gasteiger partial charge in [-0.3, -0.25) is 9.59 Å². The molecule has 0 aliphatic heterocycles. The summed E-state index contributed by atoms with van der Waals surface area (Å²) in [5.41, 5.74) is 0. The predicted octanol–water partition coefficient (Wildman–Crippen LogP) is 2.28. The van der Waals surface area contributed by atoms with E-state index in [2.05, 4.69) is 6.92 Å². The summed E-state index contributed by atoms with van der Waals surface area (Å²) in [6, 6.07) is 0. The molecule has 0 aromatic heterocycles. The van der Waals surface area contributed by atoms with Crippen molar-refractivity contribution in [2.45, 2.75) is 51.9 Å². The minimum Gasteiger partial charge on any atom is -0.481 e. The molecule has 4 heteroatoms. The number of rotatable bonds is 9. The van der Waals surface area contributed by atoms with Crippen LogP contribution >= 0.6 is 0 Å². The molecule has 0 fully saturated rings. The van der Waals surface area contributed by atoms with E-state index >= 15 is 0 Å². The van der Waals surface area contributed by atoms with Crippen LogP contribution in [0.25, 0.3) is 0 Å². The fourth-order valence-corrected chi connectivity index (χ4v) is 1.52. The third kappa shape index (κ3) is 8.26. The van der Waals surface area contributed by atoms with Gasteiger partial charge in [-0.05, 0) is 6.42 Å². The average Bonchev–Trinajstić information content (AvgIpc) is 2.21. The molecular weight excluding hydrogens is 206 g/mol. The molecule has 1 N–H and O–H groups in total. The quantitative estimate of drug-likeness (QED) is 0.487. The van der Waals surface area contributed by atoms with Crippen molar-refractivity contribution in [2.24, 2.45) is 0 Å². The Morgan fingerprint density at radius 1 is 1.06 bits per heavy atom. The van der Waals surface area contributed by atoms with Gasteiger partial charge in [-0.25, -0.2) is 0 Å². The fraction of sp³-hybridized carbons (Fsp3) is 0.833. The van der Waals surface area contributed by atoms with E-state index in [0.29, 0.717) is 6.54 Å². The van der Waals surface area contributed by atoms with Gasteiger partial charge < -0.3 is 10.0 Å². The topological polar surface area (TPSA) is 57.6 Å². The number of hydrogen-bond donors (Lipinski definition) is 1. The van der Waals surface area contributed by atoms with E-state index < -0.39 is 12.4 Å². The SMILES string of the molecule is CCCCCCCCN(C)C(=O)CC(=O)O. The molecule has 16 heavy (non-hydrogen) atoms. The number of carboxylic acids is 1. The number of nitrogens with zero attached hydrogens (tertiary/aromatic N) is 1. The highest BCUT2D eigenvalue weighted by molar-refractivity contribution is 5.93. The Hall–Kier alpha value is -1.06. The standard InChI is InChI=1S/C12H23NO3/c1-3-4-5-6-7-8-9-13(2)11(14)10-12(15)16/h3-10H2,1-2H3,(H,15,16). The lowest BCUT2D eigenvalue weighted by Crippen LogP contribution is -2.29. The first-order valence-corrected chi connectivity index (χ1v) is 6.03. The summed E-state index contributed by atoms with van der Waals surface area (Å²) in [6.07, 6.45) is 6.64. The number of carbonyl (C=O) groups is 2. The van der Waals surface area contributed by atoms with Crippen LogP contribution < -0.4 is 0 Å². The van der Waals surface area contributed by atoms with Crippen LogP contribution in [0.4, 0.5) is 0 Å². The molecule has 0 unspecified atom stereocenters. The monoisotopic (exact) mass is 229 g/mol. The molecule has 0 heterocycles. The van der Waals surface area contributed by atoms with Crippen molar-refractivity contribution >= 4 is 11.9 Å². The van der Waals surface area contributed by atoms with Gasteiger partial charge in [-0.15, -0.1) is 0 Å². The molecule has 1 amide bonds. The van der Waals surface area contributed by atoms with Crippen LogP contribution in [0, 0.1) is 0 Å². The van der Waals surface area contributed by atoms with Crippen molar-refractivity contribution in [3.05, 3.63) is 0 Å². The first-order valence-electron chi connectivity index (χ1n) is 6.03. The summed E-state index contributed by atoms with van der Waals surface area (Å²) in [5.74, 6) is -1.36. The van der Waals surface area contributed by atoms with Gasteiger partial charge in [-0.1, -0.05) is 39.0 Å². The van der Waals surface area contributed by atoms with Gasteiger partial charge in [-0.2, -0.15) is 0 Å². The Kier molecular flexibility index (Phi) is 8.58. The highest BCUT2D eigenvalue weighted by Gasteiger charge is 2.11. The Morgan fingerprint density at radius 2 is 1.62 bits per heavy atom. The van der Waals surface area contributed by atoms with Gasteiger partial charge in [0, 0.05) is 13.6 Å². The highest BCUT2D eigenvalue weighted by Crippen LogP contribution is 2.05. The van der Waals surface area contributed by atoms with Crippen LogP contribution in [0.2, 0.25) is 0 Å². The number of hydrogen-bond acceptors (Lipinski definition) is 2. The minimum absolute atomic E-state index is 0.305. The molecule has 0 spiro atoms. The maximum Gasteiger partial charge on any atom is 0.312 e. The molecule has 0 atom stereocenters. The fourth-order valence-electron chi connectivity index (χ4n) is 1.52. The maximum atomic E-state index is 11.3. The predicted molar refractivity (Wildman–Crippen MR) is 63.3 cm³/mol. The van der Waals surface area contributed by atoms with Gasteiger partial charge in [0.05, 0.1) is 0 Å². The molecule has 0 aromatic rings. The van der Waals surface area contributed by atoms with Gasteiger partial charge in [0.2, 0.25) is 5.91 Å². The van der Waals surface area contributed by atoms with Crippen molar-refractivity contribution in [2.75, 3.05) is 13.6 Å². The zero-order valence-corrected chi connectivity index (χ0v) is 10.4.